The number of hydrogen-bond acceptors (Lipinski definition) is 4. The van der Waals surface area contributed by atoms with E-state index in [1.807, 2.05) is 0 Å². The number of halogens is 1. The highest BCUT2D eigenvalue weighted by molar-refractivity contribution is 5.92. The van der Waals surface area contributed by atoms with Crippen molar-refractivity contribution in [2.45, 2.75) is 25.5 Å². The molecule has 0 saturated carbocycles. The maximum absolute atomic E-state index is 13.0. The van der Waals surface area contributed by atoms with Crippen molar-refractivity contribution in [1.29, 1.82) is 0 Å². The van der Waals surface area contributed by atoms with Crippen molar-refractivity contribution in [1.82, 2.24) is 15.1 Å². The number of aliphatic hydroxyl groups is 1. The third kappa shape index (κ3) is 4.13. The highest BCUT2D eigenvalue weighted by Gasteiger charge is 2.18. The average molecular weight is 343 g/mol. The first kappa shape index (κ1) is 16.9. The molecule has 0 radical (unpaired) electrons. The van der Waals surface area contributed by atoms with E-state index in [4.69, 9.17) is 4.42 Å². The number of carbonyl (C=O) groups excluding carboxylic acids is 1. The van der Waals surface area contributed by atoms with Gasteiger partial charge in [0.1, 0.15) is 17.7 Å². The topological polar surface area (TPSA) is 80.3 Å². The second kappa shape index (κ2) is 7.31. The molecule has 0 fully saturated rings. The quantitative estimate of drug-likeness (QED) is 0.721. The molecule has 2 aromatic heterocycles. The normalized spacial score (nSPS) is 13.4. The van der Waals surface area contributed by atoms with Crippen LogP contribution in [0.1, 0.15) is 35.7 Å². The van der Waals surface area contributed by atoms with E-state index in [1.165, 1.54) is 23.1 Å². The van der Waals surface area contributed by atoms with Crippen LogP contribution in [-0.4, -0.2) is 26.8 Å². The molecule has 3 aromatic rings. The van der Waals surface area contributed by atoms with E-state index >= 15 is 0 Å². The first-order chi connectivity index (χ1) is 12.0. The van der Waals surface area contributed by atoms with Crippen molar-refractivity contribution < 1.29 is 18.7 Å². The Kier molecular flexibility index (Phi) is 4.95. The second-order valence-electron chi connectivity index (χ2n) is 5.76. The van der Waals surface area contributed by atoms with Gasteiger partial charge in [-0.1, -0.05) is 0 Å². The van der Waals surface area contributed by atoms with Crippen LogP contribution in [-0.2, 0) is 0 Å². The van der Waals surface area contributed by atoms with Gasteiger partial charge < -0.3 is 14.8 Å². The summed E-state index contributed by atoms with van der Waals surface area (Å²) < 4.78 is 19.6. The van der Waals surface area contributed by atoms with Gasteiger partial charge >= 0.3 is 0 Å². The van der Waals surface area contributed by atoms with Gasteiger partial charge in [-0.25, -0.2) is 9.07 Å². The molecule has 3 rings (SSSR count). The van der Waals surface area contributed by atoms with E-state index in [9.17, 15) is 14.3 Å². The molecule has 0 aliphatic rings. The molecular formula is C18H18FN3O3. The molecule has 6 nitrogen and oxygen atoms in total. The van der Waals surface area contributed by atoms with E-state index in [2.05, 4.69) is 10.4 Å². The lowest BCUT2D eigenvalue weighted by atomic mass is 10.1. The molecule has 1 aromatic carbocycles. The van der Waals surface area contributed by atoms with Crippen LogP contribution in [0, 0.1) is 5.82 Å². The zero-order valence-electron chi connectivity index (χ0n) is 13.6. The lowest BCUT2D eigenvalue weighted by Gasteiger charge is -2.16. The summed E-state index contributed by atoms with van der Waals surface area (Å²) in [5.41, 5.74) is 0.894. The molecule has 1 amide bonds. The largest absolute Gasteiger partial charge is 0.467 e. The van der Waals surface area contributed by atoms with Crippen molar-refractivity contribution in [3.05, 3.63) is 72.2 Å². The summed E-state index contributed by atoms with van der Waals surface area (Å²) in [7, 11) is 0. The van der Waals surface area contributed by atoms with E-state index in [0.29, 0.717) is 17.9 Å². The van der Waals surface area contributed by atoms with Crippen LogP contribution in [0.4, 0.5) is 4.39 Å². The number of aliphatic hydroxyl groups excluding tert-OH is 1. The van der Waals surface area contributed by atoms with Gasteiger partial charge in [0, 0.05) is 18.7 Å². The van der Waals surface area contributed by atoms with Gasteiger partial charge in [-0.15, -0.1) is 0 Å². The van der Waals surface area contributed by atoms with E-state index in [0.717, 1.165) is 0 Å². The highest BCUT2D eigenvalue weighted by Crippen LogP contribution is 2.18. The molecule has 0 saturated heterocycles. The maximum atomic E-state index is 13.0. The first-order valence-corrected chi connectivity index (χ1v) is 7.87. The summed E-state index contributed by atoms with van der Waals surface area (Å²) in [6.45, 7) is 1.79. The van der Waals surface area contributed by atoms with E-state index < -0.39 is 6.10 Å². The van der Waals surface area contributed by atoms with Crippen molar-refractivity contribution in [3.63, 3.8) is 0 Å². The lowest BCUT2D eigenvalue weighted by molar-refractivity contribution is 0.0898. The third-order valence-corrected chi connectivity index (χ3v) is 3.74. The Labute approximate surface area is 143 Å². The Hall–Kier alpha value is -2.93. The molecule has 2 N–H and O–H groups in total. The van der Waals surface area contributed by atoms with E-state index in [1.54, 1.807) is 43.5 Å². The fourth-order valence-electron chi connectivity index (χ4n) is 2.47. The summed E-state index contributed by atoms with van der Waals surface area (Å²) in [5, 5.41) is 17.0. The number of rotatable bonds is 6. The monoisotopic (exact) mass is 343 g/mol. The number of furan rings is 1. The van der Waals surface area contributed by atoms with Gasteiger partial charge in [-0.2, -0.15) is 5.10 Å². The van der Waals surface area contributed by atoms with Gasteiger partial charge in [0.05, 0.1) is 12.0 Å². The summed E-state index contributed by atoms with van der Waals surface area (Å²) in [5.74, 6) is -0.223. The Bertz CT molecular complexity index is 828. The maximum Gasteiger partial charge on any atom is 0.272 e. The number of nitrogens with zero attached hydrogens (tertiary/aromatic N) is 2. The molecule has 7 heteroatoms. The Morgan fingerprint density at radius 1 is 1.32 bits per heavy atom. The summed E-state index contributed by atoms with van der Waals surface area (Å²) in [4.78, 5) is 12.3. The van der Waals surface area contributed by atoms with Gasteiger partial charge in [0.15, 0.2) is 5.69 Å². The standard InChI is InChI=1S/C18H18FN3O3/c1-12(11-16(23)17-3-2-10-25-17)20-18(24)15-8-9-22(21-15)14-6-4-13(19)5-7-14/h2-10,12,16,23H,11H2,1H3,(H,20,24). The van der Waals surface area contributed by atoms with Crippen LogP contribution in [0.25, 0.3) is 5.69 Å². The predicted octanol–water partition coefficient (Wildman–Crippen LogP) is 2.85. The average Bonchev–Trinajstić information content (AvgIpc) is 3.27. The number of benzene rings is 1. The zero-order chi connectivity index (χ0) is 17.8. The zero-order valence-corrected chi connectivity index (χ0v) is 13.6. The van der Waals surface area contributed by atoms with Crippen molar-refractivity contribution >= 4 is 5.91 Å². The van der Waals surface area contributed by atoms with Crippen LogP contribution in [0.3, 0.4) is 0 Å². The molecule has 2 atom stereocenters. The minimum Gasteiger partial charge on any atom is -0.467 e. The molecule has 0 aliphatic heterocycles. The molecule has 130 valence electrons. The van der Waals surface area contributed by atoms with Crippen LogP contribution in [0.2, 0.25) is 0 Å². The number of nitrogens with one attached hydrogen (secondary N) is 1. The minimum absolute atomic E-state index is 0.240. The fraction of sp³-hybridized carbons (Fsp3) is 0.222. The second-order valence-corrected chi connectivity index (χ2v) is 5.76. The SMILES string of the molecule is CC(CC(O)c1ccco1)NC(=O)c1ccn(-c2ccc(F)cc2)n1. The number of carbonyl (C=O) groups is 1. The van der Waals surface area contributed by atoms with Crippen molar-refractivity contribution in [3.8, 4) is 5.69 Å². The highest BCUT2D eigenvalue weighted by atomic mass is 19.1. The molecular weight excluding hydrogens is 325 g/mol. The van der Waals surface area contributed by atoms with Crippen molar-refractivity contribution in [2.75, 3.05) is 0 Å². The Morgan fingerprint density at radius 3 is 2.76 bits per heavy atom. The number of aromatic nitrogens is 2. The van der Waals surface area contributed by atoms with Crippen molar-refractivity contribution in [2.24, 2.45) is 0 Å². The lowest BCUT2D eigenvalue weighted by Crippen LogP contribution is -2.34. The summed E-state index contributed by atoms with van der Waals surface area (Å²) in [6, 6.07) is 10.5. The number of amides is 1. The van der Waals surface area contributed by atoms with Gasteiger partial charge in [-0.3, -0.25) is 4.79 Å². The summed E-state index contributed by atoms with van der Waals surface area (Å²) in [6.07, 6.45) is 2.65. The molecule has 25 heavy (non-hydrogen) atoms. The smallest absolute Gasteiger partial charge is 0.272 e. The molecule has 0 spiro atoms. The molecule has 2 unspecified atom stereocenters. The van der Waals surface area contributed by atoms with Crippen LogP contribution < -0.4 is 5.32 Å². The van der Waals surface area contributed by atoms with E-state index in [-0.39, 0.29) is 23.5 Å². The number of hydrogen-bond donors (Lipinski definition) is 2. The van der Waals surface area contributed by atoms with Gasteiger partial charge in [-0.05, 0) is 49.4 Å². The fourth-order valence-corrected chi connectivity index (χ4v) is 2.47. The Balaban J connectivity index is 1.60. The van der Waals surface area contributed by atoms with Gasteiger partial charge in [0.2, 0.25) is 0 Å². The third-order valence-electron chi connectivity index (χ3n) is 3.74. The van der Waals surface area contributed by atoms with Crippen LogP contribution in [0.15, 0.2) is 59.3 Å². The summed E-state index contributed by atoms with van der Waals surface area (Å²) >= 11 is 0. The molecule has 2 heterocycles. The minimum atomic E-state index is -0.790. The first-order valence-electron chi connectivity index (χ1n) is 7.87. The van der Waals surface area contributed by atoms with Crippen LogP contribution >= 0.6 is 0 Å². The predicted molar refractivity (Wildman–Crippen MR) is 88.7 cm³/mol. The van der Waals surface area contributed by atoms with Crippen LogP contribution in [0.5, 0.6) is 0 Å². The molecule has 0 bridgehead atoms. The Morgan fingerprint density at radius 2 is 2.08 bits per heavy atom. The molecule has 0 aliphatic carbocycles. The van der Waals surface area contributed by atoms with Gasteiger partial charge in [0.25, 0.3) is 5.91 Å².